The van der Waals surface area contributed by atoms with Gasteiger partial charge in [0.15, 0.2) is 0 Å². The van der Waals surface area contributed by atoms with E-state index >= 15 is 0 Å². The molecule has 0 unspecified atom stereocenters. The lowest BCUT2D eigenvalue weighted by Gasteiger charge is -2.23. The third-order valence-electron chi connectivity index (χ3n) is 5.84. The number of hydrogen-bond acceptors (Lipinski definition) is 7. The van der Waals surface area contributed by atoms with E-state index in [1.165, 1.54) is 23.1 Å². The molecule has 1 aromatic heterocycles. The lowest BCUT2D eigenvalue weighted by atomic mass is 10.2. The van der Waals surface area contributed by atoms with Crippen molar-refractivity contribution < 1.29 is 22.8 Å². The number of halogens is 3. The van der Waals surface area contributed by atoms with Crippen LogP contribution in [0, 0.1) is 11.8 Å². The van der Waals surface area contributed by atoms with Gasteiger partial charge >= 0.3 is 6.18 Å². The molecule has 41 heavy (non-hydrogen) atoms. The summed E-state index contributed by atoms with van der Waals surface area (Å²) in [7, 11) is 5.39. The van der Waals surface area contributed by atoms with Gasteiger partial charge in [0.25, 0.3) is 0 Å². The Hall–Kier alpha value is -4.11. The number of nitrogens with one attached hydrogen (secondary N) is 3. The molecule has 1 heterocycles. The average molecular weight is 574 g/mol. The first-order chi connectivity index (χ1) is 19.4. The van der Waals surface area contributed by atoms with Crippen LogP contribution < -0.4 is 16.0 Å². The molecule has 0 bridgehead atoms. The van der Waals surface area contributed by atoms with Crippen molar-refractivity contribution in [2.24, 2.45) is 0 Å². The van der Waals surface area contributed by atoms with Crippen molar-refractivity contribution in [2.75, 3.05) is 51.4 Å². The Morgan fingerprint density at radius 2 is 1.83 bits per heavy atom. The van der Waals surface area contributed by atoms with E-state index in [1.54, 1.807) is 26.2 Å². The largest absolute Gasteiger partial charge is 0.416 e. The molecule has 12 heteroatoms. The molecule has 0 saturated carbocycles. The standard InChI is InChI=1S/C29H38F3N7O2/c1-6-17-33-26-22(20-35-28(37-26)36-24-15-13-23(14-16-24)29(30,31)32)11-8-7-9-18-34-27(41)21(2)39(5)25(40)12-10-19-38(3)4/h10,12-16,20-21H,6-7,9,17-19H2,1-5H3,(H,34,41)(H2,33,35,36,37)/t21-/m0/s1. The van der Waals surface area contributed by atoms with E-state index < -0.39 is 17.8 Å². The fourth-order valence-corrected chi connectivity index (χ4v) is 3.33. The normalized spacial score (nSPS) is 12.0. The van der Waals surface area contributed by atoms with Gasteiger partial charge in [0, 0.05) is 44.9 Å². The minimum Gasteiger partial charge on any atom is -0.369 e. The molecule has 0 aliphatic carbocycles. The summed E-state index contributed by atoms with van der Waals surface area (Å²) in [6.45, 7) is 5.37. The molecule has 0 aliphatic rings. The minimum atomic E-state index is -4.41. The van der Waals surface area contributed by atoms with Crippen molar-refractivity contribution in [2.45, 2.75) is 45.3 Å². The van der Waals surface area contributed by atoms with Crippen LogP contribution in [0.3, 0.4) is 0 Å². The Bertz CT molecular complexity index is 1240. The number of carbonyl (C=O) groups is 2. The Morgan fingerprint density at radius 1 is 1.12 bits per heavy atom. The number of alkyl halides is 3. The maximum Gasteiger partial charge on any atom is 0.416 e. The molecule has 2 aromatic rings. The second-order valence-corrected chi connectivity index (χ2v) is 9.57. The number of unbranched alkanes of at least 4 members (excludes halogenated alkanes) is 1. The molecule has 3 N–H and O–H groups in total. The van der Waals surface area contributed by atoms with Crippen LogP contribution in [-0.4, -0.2) is 78.4 Å². The topological polar surface area (TPSA) is 102 Å². The number of hydrogen-bond donors (Lipinski definition) is 3. The van der Waals surface area contributed by atoms with Gasteiger partial charge in [0.1, 0.15) is 11.9 Å². The van der Waals surface area contributed by atoms with Gasteiger partial charge in [-0.1, -0.05) is 24.8 Å². The number of aromatic nitrogens is 2. The zero-order valence-electron chi connectivity index (χ0n) is 24.1. The first kappa shape index (κ1) is 33.1. The summed E-state index contributed by atoms with van der Waals surface area (Å²) < 4.78 is 38.4. The SMILES string of the molecule is CCCNc1nc(Nc2ccc(C(F)(F)F)cc2)ncc1C#CCCCNC(=O)[C@H](C)N(C)C(=O)C=CCN(C)C. The van der Waals surface area contributed by atoms with Crippen LogP contribution in [0.1, 0.15) is 44.2 Å². The Kier molecular flexibility index (Phi) is 13.1. The van der Waals surface area contributed by atoms with Gasteiger partial charge in [-0.3, -0.25) is 9.59 Å². The van der Waals surface area contributed by atoms with E-state index in [2.05, 4.69) is 37.8 Å². The molecule has 2 amide bonds. The third kappa shape index (κ3) is 11.5. The Morgan fingerprint density at radius 3 is 2.46 bits per heavy atom. The molecule has 0 radical (unpaired) electrons. The van der Waals surface area contributed by atoms with E-state index in [9.17, 15) is 22.8 Å². The lowest BCUT2D eigenvalue weighted by molar-refractivity contribution is -0.137. The van der Waals surface area contributed by atoms with Gasteiger partial charge in [0.05, 0.1) is 17.3 Å². The molecule has 1 atom stereocenters. The Labute approximate surface area is 239 Å². The van der Waals surface area contributed by atoms with Gasteiger partial charge < -0.3 is 25.8 Å². The van der Waals surface area contributed by atoms with Crippen LogP contribution in [0.25, 0.3) is 0 Å². The van der Waals surface area contributed by atoms with Crippen LogP contribution >= 0.6 is 0 Å². The molecule has 1 aromatic carbocycles. The monoisotopic (exact) mass is 573 g/mol. The maximum absolute atomic E-state index is 12.8. The van der Waals surface area contributed by atoms with E-state index in [4.69, 9.17) is 0 Å². The quantitative estimate of drug-likeness (QED) is 0.187. The van der Waals surface area contributed by atoms with E-state index in [0.717, 1.165) is 18.6 Å². The van der Waals surface area contributed by atoms with Gasteiger partial charge in [-0.05, 0) is 58.1 Å². The average Bonchev–Trinajstić information content (AvgIpc) is 2.93. The fraction of sp³-hybridized carbons (Fsp3) is 0.448. The number of amides is 2. The highest BCUT2D eigenvalue weighted by Crippen LogP contribution is 2.30. The van der Waals surface area contributed by atoms with Crippen LogP contribution in [0.2, 0.25) is 0 Å². The van der Waals surface area contributed by atoms with Crippen molar-refractivity contribution in [1.29, 1.82) is 0 Å². The highest BCUT2D eigenvalue weighted by molar-refractivity contribution is 5.92. The smallest absolute Gasteiger partial charge is 0.369 e. The van der Waals surface area contributed by atoms with E-state index in [1.807, 2.05) is 25.9 Å². The first-order valence-electron chi connectivity index (χ1n) is 13.3. The fourth-order valence-electron chi connectivity index (χ4n) is 3.33. The van der Waals surface area contributed by atoms with Crippen molar-refractivity contribution in [1.82, 2.24) is 25.1 Å². The molecular weight excluding hydrogens is 535 g/mol. The highest BCUT2D eigenvalue weighted by atomic mass is 19.4. The summed E-state index contributed by atoms with van der Waals surface area (Å²) in [4.78, 5) is 36.7. The van der Waals surface area contributed by atoms with Crippen LogP contribution in [0.5, 0.6) is 0 Å². The molecule has 0 spiro atoms. The van der Waals surface area contributed by atoms with Crippen LogP contribution in [0.15, 0.2) is 42.6 Å². The number of anilines is 3. The van der Waals surface area contributed by atoms with Crippen molar-refractivity contribution >= 4 is 29.3 Å². The van der Waals surface area contributed by atoms with Crippen molar-refractivity contribution in [3.05, 3.63) is 53.7 Å². The van der Waals surface area contributed by atoms with Gasteiger partial charge in [0.2, 0.25) is 17.8 Å². The van der Waals surface area contributed by atoms with Crippen LogP contribution in [-0.2, 0) is 15.8 Å². The van der Waals surface area contributed by atoms with Gasteiger partial charge in [-0.25, -0.2) is 4.98 Å². The van der Waals surface area contributed by atoms with E-state index in [-0.39, 0.29) is 17.8 Å². The lowest BCUT2D eigenvalue weighted by Crippen LogP contribution is -2.45. The number of benzene rings is 1. The zero-order chi connectivity index (χ0) is 30.4. The summed E-state index contributed by atoms with van der Waals surface area (Å²) in [6.07, 6.45) is 2.33. The molecule has 2 rings (SSSR count). The summed E-state index contributed by atoms with van der Waals surface area (Å²) in [5, 5.41) is 8.94. The van der Waals surface area contributed by atoms with Gasteiger partial charge in [-0.15, -0.1) is 0 Å². The second kappa shape index (κ2) is 16.2. The summed E-state index contributed by atoms with van der Waals surface area (Å²) in [5.74, 6) is 6.35. The van der Waals surface area contributed by atoms with Crippen LogP contribution in [0.4, 0.5) is 30.6 Å². The molecule has 222 valence electrons. The Balaban J connectivity index is 1.91. The first-order valence-corrected chi connectivity index (χ1v) is 13.3. The maximum atomic E-state index is 12.8. The number of carbonyl (C=O) groups excluding carboxylic acids is 2. The number of rotatable bonds is 13. The van der Waals surface area contributed by atoms with E-state index in [0.29, 0.717) is 49.5 Å². The highest BCUT2D eigenvalue weighted by Gasteiger charge is 2.30. The number of likely N-dealkylation sites (N-methyl/N-ethyl adjacent to an activating group) is 2. The zero-order valence-corrected chi connectivity index (χ0v) is 24.1. The molecule has 0 aliphatic heterocycles. The molecular formula is C29H38F3N7O2. The van der Waals surface area contributed by atoms with Gasteiger partial charge in [-0.2, -0.15) is 18.2 Å². The number of nitrogens with zero attached hydrogens (tertiary/aromatic N) is 4. The predicted molar refractivity (Wildman–Crippen MR) is 155 cm³/mol. The van der Waals surface area contributed by atoms with Crippen molar-refractivity contribution in [3.63, 3.8) is 0 Å². The summed E-state index contributed by atoms with van der Waals surface area (Å²) >= 11 is 0. The molecule has 0 saturated heterocycles. The second-order valence-electron chi connectivity index (χ2n) is 9.57. The minimum absolute atomic E-state index is 0.224. The predicted octanol–water partition coefficient (Wildman–Crippen LogP) is 4.27. The van der Waals surface area contributed by atoms with Crippen molar-refractivity contribution in [3.8, 4) is 11.8 Å². The summed E-state index contributed by atoms with van der Waals surface area (Å²) in [6, 6.07) is 4.00. The third-order valence-corrected chi connectivity index (χ3v) is 5.84. The molecule has 0 fully saturated rings. The molecule has 9 nitrogen and oxygen atoms in total. The summed E-state index contributed by atoms with van der Waals surface area (Å²) in [5.41, 5.74) is 0.266.